The van der Waals surface area contributed by atoms with Gasteiger partial charge in [0.1, 0.15) is 0 Å². The molecule has 3 rings (SSSR count). The van der Waals surface area contributed by atoms with Crippen molar-refractivity contribution in [2.45, 2.75) is 27.3 Å². The van der Waals surface area contributed by atoms with Gasteiger partial charge in [-0.1, -0.05) is 43.7 Å². The molecular formula is C21H24N4O. The van der Waals surface area contributed by atoms with Gasteiger partial charge in [0, 0.05) is 18.3 Å². The van der Waals surface area contributed by atoms with Crippen LogP contribution >= 0.6 is 0 Å². The smallest absolute Gasteiger partial charge is 0.258 e. The monoisotopic (exact) mass is 348 g/mol. The van der Waals surface area contributed by atoms with Gasteiger partial charge in [-0.3, -0.25) is 14.9 Å². The van der Waals surface area contributed by atoms with Crippen LogP contribution in [0.3, 0.4) is 0 Å². The maximum atomic E-state index is 13.3. The Morgan fingerprint density at radius 3 is 2.73 bits per heavy atom. The summed E-state index contributed by atoms with van der Waals surface area (Å²) < 4.78 is 0. The van der Waals surface area contributed by atoms with Gasteiger partial charge in [0.2, 0.25) is 0 Å². The number of rotatable bonds is 6. The Morgan fingerprint density at radius 1 is 1.19 bits per heavy atom. The molecule has 0 fully saturated rings. The number of aromatic amines is 1. The first kappa shape index (κ1) is 17.9. The summed E-state index contributed by atoms with van der Waals surface area (Å²) >= 11 is 0. The van der Waals surface area contributed by atoms with Crippen LogP contribution in [-0.4, -0.2) is 32.5 Å². The van der Waals surface area contributed by atoms with Gasteiger partial charge >= 0.3 is 0 Å². The van der Waals surface area contributed by atoms with Gasteiger partial charge in [-0.25, -0.2) is 0 Å². The Labute approximate surface area is 154 Å². The van der Waals surface area contributed by atoms with Gasteiger partial charge in [-0.15, -0.1) is 0 Å². The zero-order valence-corrected chi connectivity index (χ0v) is 15.4. The van der Waals surface area contributed by atoms with E-state index in [1.54, 1.807) is 12.4 Å². The van der Waals surface area contributed by atoms with Gasteiger partial charge in [0.25, 0.3) is 5.91 Å². The van der Waals surface area contributed by atoms with E-state index < -0.39 is 0 Å². The number of hydrogen-bond acceptors (Lipinski definition) is 3. The molecule has 0 unspecified atom stereocenters. The normalized spacial score (nSPS) is 10.9. The lowest BCUT2D eigenvalue weighted by Gasteiger charge is -2.24. The van der Waals surface area contributed by atoms with Crippen molar-refractivity contribution in [3.05, 3.63) is 71.7 Å². The molecular weight excluding hydrogens is 324 g/mol. The van der Waals surface area contributed by atoms with Crippen molar-refractivity contribution in [1.82, 2.24) is 20.1 Å². The molecule has 1 N–H and O–H groups in total. The first-order chi connectivity index (χ1) is 12.5. The number of hydrogen-bond donors (Lipinski definition) is 1. The fourth-order valence-electron chi connectivity index (χ4n) is 2.99. The molecule has 3 aromatic rings. The molecule has 5 heteroatoms. The van der Waals surface area contributed by atoms with Crippen LogP contribution in [0.1, 0.15) is 35.5 Å². The molecule has 0 atom stereocenters. The molecule has 0 spiro atoms. The molecule has 5 nitrogen and oxygen atoms in total. The second kappa shape index (κ2) is 7.95. The van der Waals surface area contributed by atoms with Crippen molar-refractivity contribution in [3.63, 3.8) is 0 Å². The minimum atomic E-state index is -0.0328. The number of pyridine rings is 1. The number of amides is 1. The molecule has 0 aliphatic heterocycles. The number of nitrogens with zero attached hydrogens (tertiary/aromatic N) is 3. The topological polar surface area (TPSA) is 61.9 Å². The van der Waals surface area contributed by atoms with Crippen LogP contribution in [0.15, 0.2) is 54.9 Å². The summed E-state index contributed by atoms with van der Waals surface area (Å²) in [6.07, 6.45) is 3.37. The fraction of sp³-hybridized carbons (Fsp3) is 0.286. The van der Waals surface area contributed by atoms with Crippen molar-refractivity contribution in [2.75, 3.05) is 6.54 Å². The van der Waals surface area contributed by atoms with E-state index >= 15 is 0 Å². The van der Waals surface area contributed by atoms with Crippen LogP contribution in [0, 0.1) is 12.8 Å². The largest absolute Gasteiger partial charge is 0.332 e. The highest BCUT2D eigenvalue weighted by Gasteiger charge is 2.22. The van der Waals surface area contributed by atoms with Crippen molar-refractivity contribution in [2.24, 2.45) is 5.92 Å². The summed E-state index contributed by atoms with van der Waals surface area (Å²) in [6, 6.07) is 13.8. The van der Waals surface area contributed by atoms with E-state index in [0.29, 0.717) is 24.6 Å². The van der Waals surface area contributed by atoms with Crippen LogP contribution in [-0.2, 0) is 6.54 Å². The maximum absolute atomic E-state index is 13.3. The van der Waals surface area contributed by atoms with Crippen molar-refractivity contribution in [1.29, 1.82) is 0 Å². The summed E-state index contributed by atoms with van der Waals surface area (Å²) in [5, 5.41) is 7.12. The predicted octanol–water partition coefficient (Wildman–Crippen LogP) is 4.08. The summed E-state index contributed by atoms with van der Waals surface area (Å²) in [4.78, 5) is 19.5. The summed E-state index contributed by atoms with van der Waals surface area (Å²) in [5.41, 5.74) is 4.33. The van der Waals surface area contributed by atoms with E-state index in [9.17, 15) is 4.79 Å². The summed E-state index contributed by atoms with van der Waals surface area (Å²) in [6.45, 7) is 7.39. The molecule has 0 aliphatic rings. The first-order valence-electron chi connectivity index (χ1n) is 8.84. The van der Waals surface area contributed by atoms with Crippen LogP contribution in [0.2, 0.25) is 0 Å². The van der Waals surface area contributed by atoms with Crippen LogP contribution in [0.4, 0.5) is 0 Å². The Hall–Kier alpha value is -2.95. The molecule has 2 aromatic heterocycles. The fourth-order valence-corrected chi connectivity index (χ4v) is 2.99. The van der Waals surface area contributed by atoms with Crippen LogP contribution in [0.5, 0.6) is 0 Å². The molecule has 1 aromatic carbocycles. The van der Waals surface area contributed by atoms with E-state index in [-0.39, 0.29) is 5.91 Å². The number of aromatic nitrogens is 3. The highest BCUT2D eigenvalue weighted by atomic mass is 16.2. The predicted molar refractivity (Wildman–Crippen MR) is 103 cm³/mol. The van der Waals surface area contributed by atoms with Gasteiger partial charge in [0.15, 0.2) is 0 Å². The molecule has 0 bridgehead atoms. The third-order valence-electron chi connectivity index (χ3n) is 4.13. The third-order valence-corrected chi connectivity index (χ3v) is 4.13. The number of carbonyl (C=O) groups excluding carboxylic acids is 1. The van der Waals surface area contributed by atoms with Crippen molar-refractivity contribution in [3.8, 4) is 11.3 Å². The van der Waals surface area contributed by atoms with Crippen LogP contribution < -0.4 is 0 Å². The molecule has 0 radical (unpaired) electrons. The zero-order valence-electron chi connectivity index (χ0n) is 15.4. The van der Waals surface area contributed by atoms with Crippen molar-refractivity contribution < 1.29 is 4.79 Å². The van der Waals surface area contributed by atoms with Crippen LogP contribution in [0.25, 0.3) is 11.3 Å². The second-order valence-electron chi connectivity index (χ2n) is 6.93. The van der Waals surface area contributed by atoms with E-state index in [2.05, 4.69) is 35.1 Å². The quantitative estimate of drug-likeness (QED) is 0.730. The number of H-pyrrole nitrogens is 1. The first-order valence-corrected chi connectivity index (χ1v) is 8.84. The summed E-state index contributed by atoms with van der Waals surface area (Å²) in [7, 11) is 0. The molecule has 0 saturated heterocycles. The Bertz CT molecular complexity index is 870. The average molecular weight is 348 g/mol. The minimum absolute atomic E-state index is 0.0328. The van der Waals surface area contributed by atoms with E-state index in [1.165, 1.54) is 0 Å². The SMILES string of the molecule is Cc1cccc(-c2[nH]ncc2C(=O)N(Cc2ccccn2)CC(C)C)c1. The molecule has 1 amide bonds. The lowest BCUT2D eigenvalue weighted by Crippen LogP contribution is -2.34. The number of benzene rings is 1. The van der Waals surface area contributed by atoms with Gasteiger partial charge in [-0.2, -0.15) is 5.10 Å². The molecule has 2 heterocycles. The number of carbonyl (C=O) groups is 1. The molecule has 134 valence electrons. The molecule has 0 saturated carbocycles. The van der Waals surface area contributed by atoms with Gasteiger partial charge in [-0.05, 0) is 31.0 Å². The van der Waals surface area contributed by atoms with Gasteiger partial charge < -0.3 is 4.90 Å². The number of nitrogens with one attached hydrogen (secondary N) is 1. The lowest BCUT2D eigenvalue weighted by atomic mass is 10.0. The van der Waals surface area contributed by atoms with E-state index in [4.69, 9.17) is 0 Å². The second-order valence-corrected chi connectivity index (χ2v) is 6.93. The van der Waals surface area contributed by atoms with Gasteiger partial charge in [0.05, 0.1) is 29.7 Å². The highest BCUT2D eigenvalue weighted by Crippen LogP contribution is 2.24. The minimum Gasteiger partial charge on any atom is -0.332 e. The number of aryl methyl sites for hydroxylation is 1. The van der Waals surface area contributed by atoms with E-state index in [0.717, 1.165) is 22.5 Å². The van der Waals surface area contributed by atoms with Crippen molar-refractivity contribution >= 4 is 5.91 Å². The third kappa shape index (κ3) is 4.17. The lowest BCUT2D eigenvalue weighted by molar-refractivity contribution is 0.0721. The zero-order chi connectivity index (χ0) is 18.5. The Morgan fingerprint density at radius 2 is 2.04 bits per heavy atom. The molecule has 0 aliphatic carbocycles. The average Bonchev–Trinajstić information content (AvgIpc) is 3.11. The summed E-state index contributed by atoms with van der Waals surface area (Å²) in [5.74, 6) is 0.326. The Balaban J connectivity index is 1.91. The molecule has 26 heavy (non-hydrogen) atoms. The maximum Gasteiger partial charge on any atom is 0.258 e. The van der Waals surface area contributed by atoms with E-state index in [1.807, 2.05) is 48.2 Å². The highest BCUT2D eigenvalue weighted by molar-refractivity contribution is 5.99. The Kier molecular flexibility index (Phi) is 5.46. The standard InChI is InChI=1S/C21H24N4O/c1-15(2)13-25(14-18-9-4-5-10-22-18)21(26)19-12-23-24-20(19)17-8-6-7-16(3)11-17/h4-12,15H,13-14H2,1-3H3,(H,23,24).